The number of para-hydroxylation sites is 1. The van der Waals surface area contributed by atoms with Gasteiger partial charge in [0.2, 0.25) is 11.0 Å². The van der Waals surface area contributed by atoms with Gasteiger partial charge in [0.25, 0.3) is 5.56 Å². The first-order valence-corrected chi connectivity index (χ1v) is 8.52. The minimum Gasteiger partial charge on any atom is -0.494 e. The summed E-state index contributed by atoms with van der Waals surface area (Å²) in [5, 5.41) is 14.9. The quantitative estimate of drug-likeness (QED) is 0.346. The van der Waals surface area contributed by atoms with Gasteiger partial charge in [-0.15, -0.1) is 0 Å². The first-order chi connectivity index (χ1) is 12.1. The van der Waals surface area contributed by atoms with Crippen LogP contribution in [-0.2, 0) is 11.3 Å². The summed E-state index contributed by atoms with van der Waals surface area (Å²) in [6, 6.07) is 7.69. The number of ether oxygens (including phenoxy) is 1. The fourth-order valence-corrected chi connectivity index (χ4v) is 3.24. The van der Waals surface area contributed by atoms with Crippen molar-refractivity contribution in [2.24, 2.45) is 5.10 Å². The van der Waals surface area contributed by atoms with Crippen molar-refractivity contribution in [3.8, 4) is 5.88 Å². The van der Waals surface area contributed by atoms with Gasteiger partial charge in [0.05, 0.1) is 29.6 Å². The number of hydrogen-bond donors (Lipinski definition) is 3. The lowest BCUT2D eigenvalue weighted by Crippen LogP contribution is -2.20. The molecule has 0 unspecified atom stereocenters. The van der Waals surface area contributed by atoms with E-state index in [-0.39, 0.29) is 16.2 Å². The second-order valence-corrected chi connectivity index (χ2v) is 6.42. The Morgan fingerprint density at radius 1 is 1.52 bits per heavy atom. The Morgan fingerprint density at radius 3 is 3.08 bits per heavy atom. The summed E-state index contributed by atoms with van der Waals surface area (Å²) < 4.78 is 7.49. The Balaban J connectivity index is 1.85. The van der Waals surface area contributed by atoms with Crippen molar-refractivity contribution in [3.63, 3.8) is 0 Å². The monoisotopic (exact) mass is 377 g/mol. The Hall–Kier alpha value is -2.56. The van der Waals surface area contributed by atoms with Gasteiger partial charge in [0.1, 0.15) is 5.56 Å². The van der Waals surface area contributed by atoms with E-state index in [1.807, 2.05) is 24.3 Å². The minimum atomic E-state index is -0.522. The number of aromatic amines is 1. The third kappa shape index (κ3) is 3.76. The van der Waals surface area contributed by atoms with Gasteiger partial charge in [-0.1, -0.05) is 23.5 Å². The minimum absolute atomic E-state index is 0.00156. The second kappa shape index (κ2) is 7.55. The van der Waals surface area contributed by atoms with Gasteiger partial charge < -0.3 is 9.84 Å². The van der Waals surface area contributed by atoms with Gasteiger partial charge in [0, 0.05) is 7.11 Å². The van der Waals surface area contributed by atoms with Crippen LogP contribution in [0.5, 0.6) is 5.88 Å². The summed E-state index contributed by atoms with van der Waals surface area (Å²) in [7, 11) is 1.54. The molecule has 0 fully saturated rings. The van der Waals surface area contributed by atoms with Crippen LogP contribution in [0.15, 0.2) is 34.2 Å². The number of fused-ring (bicyclic) bond motifs is 1. The maximum atomic E-state index is 12.0. The van der Waals surface area contributed by atoms with Crippen molar-refractivity contribution in [1.29, 1.82) is 0 Å². The van der Waals surface area contributed by atoms with Crippen LogP contribution in [0.25, 0.3) is 10.2 Å². The highest BCUT2D eigenvalue weighted by molar-refractivity contribution is 7.71. The number of methoxy groups -OCH3 is 1. The average Bonchev–Trinajstić information content (AvgIpc) is 3.00. The van der Waals surface area contributed by atoms with Crippen molar-refractivity contribution < 1.29 is 9.84 Å². The standard InChI is InChI=1S/C15H15N5O3S2/c1-23-7-6-20-13(22)9(12(21)18-15(20)24)8-16-19-14-17-10-4-2-3-5-11(10)25-14/h2-5,8,22H,6-7H2,1H3,(H,17,19)(H,18,21,24)/b16-8+. The van der Waals surface area contributed by atoms with Gasteiger partial charge >= 0.3 is 0 Å². The van der Waals surface area contributed by atoms with E-state index < -0.39 is 5.56 Å². The predicted octanol–water partition coefficient (Wildman–Crippen LogP) is 2.31. The molecule has 0 amide bonds. The zero-order valence-electron chi connectivity index (χ0n) is 13.2. The van der Waals surface area contributed by atoms with E-state index in [2.05, 4.69) is 20.5 Å². The molecule has 1 aromatic carbocycles. The fourth-order valence-electron chi connectivity index (χ4n) is 2.15. The summed E-state index contributed by atoms with van der Waals surface area (Å²) >= 11 is 6.48. The van der Waals surface area contributed by atoms with Crippen LogP contribution in [0, 0.1) is 4.77 Å². The number of rotatable bonds is 6. The number of aromatic nitrogens is 3. The summed E-state index contributed by atoms with van der Waals surface area (Å²) in [6.45, 7) is 0.651. The third-order valence-corrected chi connectivity index (χ3v) is 4.64. The average molecular weight is 377 g/mol. The molecular formula is C15H15N5O3S2. The number of hydrazone groups is 1. The first-order valence-electron chi connectivity index (χ1n) is 7.30. The molecule has 130 valence electrons. The summed E-state index contributed by atoms with van der Waals surface area (Å²) in [6.07, 6.45) is 1.23. The number of aromatic hydroxyl groups is 1. The topological polar surface area (TPSA) is 105 Å². The SMILES string of the molecule is COCCn1c(O)c(/C=N/Nc2nc3ccccc3s2)c(=O)[nH]c1=S. The molecule has 0 aliphatic carbocycles. The molecule has 8 nitrogen and oxygen atoms in total. The Bertz CT molecular complexity index is 1000. The van der Waals surface area contributed by atoms with E-state index in [9.17, 15) is 9.90 Å². The molecule has 0 saturated carbocycles. The number of nitrogens with zero attached hydrogens (tertiary/aromatic N) is 3. The van der Waals surface area contributed by atoms with E-state index in [1.165, 1.54) is 29.2 Å². The number of thiazole rings is 1. The number of H-pyrrole nitrogens is 1. The number of benzene rings is 1. The molecule has 0 radical (unpaired) electrons. The third-order valence-electron chi connectivity index (χ3n) is 3.37. The lowest BCUT2D eigenvalue weighted by atomic mass is 10.3. The zero-order chi connectivity index (χ0) is 17.8. The molecule has 2 aromatic heterocycles. The molecular weight excluding hydrogens is 362 g/mol. The molecule has 0 bridgehead atoms. The highest BCUT2D eigenvalue weighted by Crippen LogP contribution is 2.25. The molecule has 0 saturated heterocycles. The maximum absolute atomic E-state index is 12.0. The number of anilines is 1. The molecule has 10 heteroatoms. The highest BCUT2D eigenvalue weighted by atomic mass is 32.1. The number of nitrogens with one attached hydrogen (secondary N) is 2. The van der Waals surface area contributed by atoms with Gasteiger partial charge in [-0.2, -0.15) is 5.10 Å². The van der Waals surface area contributed by atoms with Gasteiger partial charge in [-0.05, 0) is 24.4 Å². The van der Waals surface area contributed by atoms with Gasteiger partial charge in [0.15, 0.2) is 4.77 Å². The lowest BCUT2D eigenvalue weighted by molar-refractivity contribution is 0.182. The van der Waals surface area contributed by atoms with Crippen LogP contribution in [0.4, 0.5) is 5.13 Å². The van der Waals surface area contributed by atoms with Gasteiger partial charge in [-0.25, -0.2) is 4.98 Å². The Kier molecular flexibility index (Phi) is 5.22. The Labute approximate surface area is 151 Å². The maximum Gasteiger partial charge on any atom is 0.264 e. The van der Waals surface area contributed by atoms with Crippen LogP contribution in [0.1, 0.15) is 5.56 Å². The van der Waals surface area contributed by atoms with Crippen molar-refractivity contribution in [1.82, 2.24) is 14.5 Å². The smallest absolute Gasteiger partial charge is 0.264 e. The molecule has 2 heterocycles. The van der Waals surface area contributed by atoms with Crippen molar-refractivity contribution in [3.05, 3.63) is 45.0 Å². The molecule has 0 aliphatic rings. The van der Waals surface area contributed by atoms with Crippen LogP contribution in [0.2, 0.25) is 0 Å². The van der Waals surface area contributed by atoms with Crippen LogP contribution in [0.3, 0.4) is 0 Å². The number of hydrogen-bond acceptors (Lipinski definition) is 8. The van der Waals surface area contributed by atoms with Crippen molar-refractivity contribution in [2.45, 2.75) is 6.54 Å². The predicted molar refractivity (Wildman–Crippen MR) is 100 cm³/mol. The summed E-state index contributed by atoms with van der Waals surface area (Å²) in [4.78, 5) is 18.9. The molecule has 0 atom stereocenters. The summed E-state index contributed by atoms with van der Waals surface area (Å²) in [5.41, 5.74) is 3.10. The molecule has 3 aromatic rings. The lowest BCUT2D eigenvalue weighted by Gasteiger charge is -2.10. The molecule has 3 rings (SSSR count). The van der Waals surface area contributed by atoms with E-state index >= 15 is 0 Å². The highest BCUT2D eigenvalue weighted by Gasteiger charge is 2.11. The van der Waals surface area contributed by atoms with Crippen LogP contribution >= 0.6 is 23.6 Å². The van der Waals surface area contributed by atoms with Crippen molar-refractivity contribution >= 4 is 45.1 Å². The normalized spacial score (nSPS) is 11.4. The Morgan fingerprint density at radius 2 is 2.32 bits per heavy atom. The molecule has 0 spiro atoms. The summed E-state index contributed by atoms with van der Waals surface area (Å²) in [5.74, 6) is -0.263. The van der Waals surface area contributed by atoms with E-state index in [0.29, 0.717) is 18.3 Å². The van der Waals surface area contributed by atoms with Crippen LogP contribution in [-0.4, -0.2) is 39.6 Å². The van der Waals surface area contributed by atoms with Crippen LogP contribution < -0.4 is 11.0 Å². The van der Waals surface area contributed by atoms with Crippen molar-refractivity contribution in [2.75, 3.05) is 19.1 Å². The molecule has 25 heavy (non-hydrogen) atoms. The zero-order valence-corrected chi connectivity index (χ0v) is 14.9. The molecule has 0 aliphatic heterocycles. The second-order valence-electron chi connectivity index (χ2n) is 5.00. The fraction of sp³-hybridized carbons (Fsp3) is 0.200. The van der Waals surface area contributed by atoms with E-state index in [4.69, 9.17) is 17.0 Å². The van der Waals surface area contributed by atoms with Gasteiger partial charge in [-0.3, -0.25) is 19.8 Å². The largest absolute Gasteiger partial charge is 0.494 e. The molecule has 3 N–H and O–H groups in total. The van der Waals surface area contributed by atoms with E-state index in [0.717, 1.165) is 10.2 Å². The first kappa shape index (κ1) is 17.3. The van der Waals surface area contributed by atoms with E-state index in [1.54, 1.807) is 0 Å².